The molecule has 2 unspecified atom stereocenters. The Kier molecular flexibility index (Phi) is 4.24. The molecule has 0 rings (SSSR count). The van der Waals surface area contributed by atoms with Crippen LogP contribution in [0.3, 0.4) is 0 Å². The summed E-state index contributed by atoms with van der Waals surface area (Å²) in [6, 6.07) is 0. The van der Waals surface area contributed by atoms with Crippen molar-refractivity contribution in [1.82, 2.24) is 0 Å². The Bertz CT molecular complexity index is 182. The largest absolute Gasteiger partial charge is 0.394 e. The highest BCUT2D eigenvalue weighted by Crippen LogP contribution is 2.07. The van der Waals surface area contributed by atoms with Gasteiger partial charge < -0.3 is 21.7 Å². The molecule has 0 aromatic rings. The van der Waals surface area contributed by atoms with Crippen LogP contribution in [0.2, 0.25) is 0 Å². The third-order valence-electron chi connectivity index (χ3n) is 1.44. The zero-order valence-corrected chi connectivity index (χ0v) is 6.43. The highest BCUT2D eigenvalue weighted by Gasteiger charge is 2.25. The van der Waals surface area contributed by atoms with E-state index in [0.29, 0.717) is 0 Å². The smallest absolute Gasteiger partial charge is 0.223 e. The average Bonchev–Trinajstić information content (AvgIpc) is 1.98. The van der Waals surface area contributed by atoms with Gasteiger partial charge in [-0.15, -0.1) is 0 Å². The molecule has 0 saturated carbocycles. The van der Waals surface area contributed by atoms with Gasteiger partial charge in [0, 0.05) is 6.42 Å². The summed E-state index contributed by atoms with van der Waals surface area (Å²) in [5.74, 6) is -2.70. The lowest BCUT2D eigenvalue weighted by atomic mass is 9.98. The number of carbonyl (C=O) groups is 2. The number of carbonyl (C=O) groups excluding carboxylic acids is 2. The van der Waals surface area contributed by atoms with E-state index >= 15 is 0 Å². The zero-order valence-electron chi connectivity index (χ0n) is 6.43. The van der Waals surface area contributed by atoms with Gasteiger partial charge in [-0.25, -0.2) is 0 Å². The molecule has 6 N–H and O–H groups in total. The van der Waals surface area contributed by atoms with Gasteiger partial charge in [-0.1, -0.05) is 0 Å². The van der Waals surface area contributed by atoms with E-state index in [4.69, 9.17) is 21.7 Å². The fourth-order valence-electron chi connectivity index (χ4n) is 0.770. The number of aliphatic hydroxyl groups is 2. The lowest BCUT2D eigenvalue weighted by Crippen LogP contribution is -2.38. The summed E-state index contributed by atoms with van der Waals surface area (Å²) in [5, 5.41) is 17.4. The molecule has 2 atom stereocenters. The summed E-state index contributed by atoms with van der Waals surface area (Å²) in [4.78, 5) is 20.9. The summed E-state index contributed by atoms with van der Waals surface area (Å²) >= 11 is 0. The molecule has 0 aromatic heterocycles. The number of hydrogen-bond donors (Lipinski definition) is 4. The molecule has 0 fully saturated rings. The van der Waals surface area contributed by atoms with Crippen LogP contribution in [0.25, 0.3) is 0 Å². The van der Waals surface area contributed by atoms with Crippen LogP contribution >= 0.6 is 0 Å². The van der Waals surface area contributed by atoms with Gasteiger partial charge in [0.2, 0.25) is 11.8 Å². The number of nitrogens with two attached hydrogens (primary N) is 2. The monoisotopic (exact) mass is 176 g/mol. The second kappa shape index (κ2) is 4.68. The number of rotatable bonds is 5. The normalized spacial score (nSPS) is 15.2. The molecule has 70 valence electrons. The molecule has 0 aliphatic heterocycles. The van der Waals surface area contributed by atoms with Crippen LogP contribution in [0.1, 0.15) is 6.42 Å². The second-order valence-electron chi connectivity index (χ2n) is 2.43. The molecular weight excluding hydrogens is 164 g/mol. The molecule has 6 heteroatoms. The Morgan fingerprint density at radius 2 is 1.83 bits per heavy atom. The molecule has 0 radical (unpaired) electrons. The van der Waals surface area contributed by atoms with Crippen LogP contribution in [-0.2, 0) is 9.59 Å². The van der Waals surface area contributed by atoms with Crippen molar-refractivity contribution < 1.29 is 19.8 Å². The van der Waals surface area contributed by atoms with Gasteiger partial charge in [-0.05, 0) is 0 Å². The summed E-state index contributed by atoms with van der Waals surface area (Å²) in [6.45, 7) is -0.624. The minimum atomic E-state index is -1.32. The van der Waals surface area contributed by atoms with E-state index in [1.54, 1.807) is 0 Å². The van der Waals surface area contributed by atoms with Crippen LogP contribution < -0.4 is 11.5 Å². The first-order valence-corrected chi connectivity index (χ1v) is 3.35. The maximum Gasteiger partial charge on any atom is 0.223 e. The van der Waals surface area contributed by atoms with Crippen LogP contribution in [0, 0.1) is 5.92 Å². The highest BCUT2D eigenvalue weighted by atomic mass is 16.3. The molecule has 6 nitrogen and oxygen atoms in total. The predicted octanol–water partition coefficient (Wildman–Crippen LogP) is -2.68. The standard InChI is InChI=1S/C6H12N2O4/c7-5(11)1-3(6(8)12)4(10)2-9/h3-4,9-10H,1-2H2,(H2,7,11)(H2,8,12). The Labute approximate surface area is 69.2 Å². The van der Waals surface area contributed by atoms with Crippen molar-refractivity contribution in [1.29, 1.82) is 0 Å². The van der Waals surface area contributed by atoms with Crippen LogP contribution in [-0.4, -0.2) is 34.7 Å². The molecule has 2 amide bonds. The summed E-state index contributed by atoms with van der Waals surface area (Å²) in [6.07, 6.45) is -1.67. The van der Waals surface area contributed by atoms with Crippen molar-refractivity contribution in [2.24, 2.45) is 17.4 Å². The Morgan fingerprint density at radius 3 is 2.08 bits per heavy atom. The molecule has 0 heterocycles. The van der Waals surface area contributed by atoms with Crippen molar-refractivity contribution in [2.45, 2.75) is 12.5 Å². The van der Waals surface area contributed by atoms with Gasteiger partial charge in [0.25, 0.3) is 0 Å². The van der Waals surface area contributed by atoms with E-state index in [0.717, 1.165) is 0 Å². The minimum absolute atomic E-state index is 0.350. The van der Waals surface area contributed by atoms with E-state index in [2.05, 4.69) is 0 Å². The zero-order chi connectivity index (χ0) is 9.72. The van der Waals surface area contributed by atoms with Gasteiger partial charge >= 0.3 is 0 Å². The third kappa shape index (κ3) is 3.31. The van der Waals surface area contributed by atoms with Gasteiger partial charge in [-0.2, -0.15) is 0 Å². The first kappa shape index (κ1) is 10.9. The third-order valence-corrected chi connectivity index (χ3v) is 1.44. The van der Waals surface area contributed by atoms with Crippen molar-refractivity contribution in [3.8, 4) is 0 Å². The highest BCUT2D eigenvalue weighted by molar-refractivity contribution is 5.84. The average molecular weight is 176 g/mol. The van der Waals surface area contributed by atoms with E-state index in [-0.39, 0.29) is 6.42 Å². The maximum absolute atomic E-state index is 10.6. The molecule has 0 aliphatic rings. The lowest BCUT2D eigenvalue weighted by molar-refractivity contribution is -0.131. The fourth-order valence-corrected chi connectivity index (χ4v) is 0.770. The van der Waals surface area contributed by atoms with Crippen molar-refractivity contribution in [3.05, 3.63) is 0 Å². The quantitative estimate of drug-likeness (QED) is 0.364. The van der Waals surface area contributed by atoms with Crippen molar-refractivity contribution in [3.63, 3.8) is 0 Å². The summed E-state index contributed by atoms with van der Waals surface area (Å²) < 4.78 is 0. The maximum atomic E-state index is 10.6. The number of amides is 2. The molecule has 0 aliphatic carbocycles. The van der Waals surface area contributed by atoms with Crippen LogP contribution in [0.4, 0.5) is 0 Å². The molecule has 0 saturated heterocycles. The number of aliphatic hydroxyl groups excluding tert-OH is 2. The Hall–Kier alpha value is -1.14. The lowest BCUT2D eigenvalue weighted by Gasteiger charge is -2.15. The van der Waals surface area contributed by atoms with Gasteiger partial charge in [0.05, 0.1) is 18.6 Å². The van der Waals surface area contributed by atoms with Crippen LogP contribution in [0.5, 0.6) is 0 Å². The Morgan fingerprint density at radius 1 is 1.33 bits per heavy atom. The van der Waals surface area contributed by atoms with E-state index in [9.17, 15) is 9.59 Å². The minimum Gasteiger partial charge on any atom is -0.394 e. The molecular formula is C6H12N2O4. The predicted molar refractivity (Wildman–Crippen MR) is 39.6 cm³/mol. The Balaban J connectivity index is 4.22. The summed E-state index contributed by atoms with van der Waals surface area (Å²) in [5.41, 5.74) is 9.63. The first-order valence-electron chi connectivity index (χ1n) is 3.35. The summed E-state index contributed by atoms with van der Waals surface area (Å²) in [7, 11) is 0. The second-order valence-corrected chi connectivity index (χ2v) is 2.43. The topological polar surface area (TPSA) is 127 Å². The molecule has 12 heavy (non-hydrogen) atoms. The fraction of sp³-hybridized carbons (Fsp3) is 0.667. The SMILES string of the molecule is NC(=O)CC(C(N)=O)C(O)CO. The number of hydrogen-bond acceptors (Lipinski definition) is 4. The van der Waals surface area contributed by atoms with E-state index in [1.165, 1.54) is 0 Å². The molecule has 0 aromatic carbocycles. The molecule has 0 spiro atoms. The molecule has 0 bridgehead atoms. The van der Waals surface area contributed by atoms with Crippen molar-refractivity contribution >= 4 is 11.8 Å². The van der Waals surface area contributed by atoms with Gasteiger partial charge in [0.15, 0.2) is 0 Å². The van der Waals surface area contributed by atoms with E-state index in [1.807, 2.05) is 0 Å². The van der Waals surface area contributed by atoms with E-state index < -0.39 is 30.4 Å². The van der Waals surface area contributed by atoms with Crippen molar-refractivity contribution in [2.75, 3.05) is 6.61 Å². The van der Waals surface area contributed by atoms with Gasteiger partial charge in [-0.3, -0.25) is 9.59 Å². The first-order chi connectivity index (χ1) is 5.49. The van der Waals surface area contributed by atoms with Gasteiger partial charge in [0.1, 0.15) is 0 Å². The van der Waals surface area contributed by atoms with Crippen LogP contribution in [0.15, 0.2) is 0 Å². The number of primary amides is 2.